The number of imide groups is 1. The smallest absolute Gasteiger partial charge is 0.329 e. The topological polar surface area (TPSA) is 75.7 Å². The molecule has 0 aliphatic carbocycles. The highest BCUT2D eigenvalue weighted by atomic mass is 16.5. The lowest BCUT2D eigenvalue weighted by molar-refractivity contribution is -0.142. The minimum atomic E-state index is -0.432. The SMILES string of the molecule is COC(=O)C(C)c1ccc(N2CC(=O)NC2=O)cc1. The van der Waals surface area contributed by atoms with Crippen LogP contribution < -0.4 is 10.2 Å². The summed E-state index contributed by atoms with van der Waals surface area (Å²) in [4.78, 5) is 35.3. The predicted molar refractivity (Wildman–Crippen MR) is 67.8 cm³/mol. The van der Waals surface area contributed by atoms with Gasteiger partial charge in [-0.2, -0.15) is 0 Å². The van der Waals surface area contributed by atoms with E-state index in [1.54, 1.807) is 31.2 Å². The van der Waals surface area contributed by atoms with Crippen LogP contribution >= 0.6 is 0 Å². The summed E-state index contributed by atoms with van der Waals surface area (Å²) in [7, 11) is 1.34. The summed E-state index contributed by atoms with van der Waals surface area (Å²) < 4.78 is 4.67. The van der Waals surface area contributed by atoms with Crippen LogP contribution in [-0.2, 0) is 14.3 Å². The maximum Gasteiger partial charge on any atom is 0.329 e. The Labute approximate surface area is 110 Å². The maximum atomic E-state index is 11.5. The van der Waals surface area contributed by atoms with Crippen molar-refractivity contribution in [3.05, 3.63) is 29.8 Å². The van der Waals surface area contributed by atoms with Gasteiger partial charge in [0.1, 0.15) is 6.54 Å². The van der Waals surface area contributed by atoms with Crippen molar-refractivity contribution in [1.82, 2.24) is 5.32 Å². The Hall–Kier alpha value is -2.37. The van der Waals surface area contributed by atoms with Gasteiger partial charge >= 0.3 is 12.0 Å². The second-order valence-electron chi connectivity index (χ2n) is 4.28. The first-order valence-electron chi connectivity index (χ1n) is 5.82. The fourth-order valence-electron chi connectivity index (χ4n) is 1.91. The van der Waals surface area contributed by atoms with E-state index in [4.69, 9.17) is 0 Å². The minimum Gasteiger partial charge on any atom is -0.469 e. The Morgan fingerprint density at radius 2 is 1.95 bits per heavy atom. The molecule has 1 aliphatic heterocycles. The Morgan fingerprint density at radius 1 is 1.32 bits per heavy atom. The van der Waals surface area contributed by atoms with Crippen LogP contribution in [-0.4, -0.2) is 31.6 Å². The van der Waals surface area contributed by atoms with Crippen molar-refractivity contribution in [2.45, 2.75) is 12.8 Å². The van der Waals surface area contributed by atoms with E-state index in [9.17, 15) is 14.4 Å². The van der Waals surface area contributed by atoms with Crippen LogP contribution in [0.1, 0.15) is 18.4 Å². The normalized spacial score (nSPS) is 16.2. The molecule has 1 N–H and O–H groups in total. The number of amides is 3. The van der Waals surface area contributed by atoms with Crippen molar-refractivity contribution in [2.24, 2.45) is 0 Å². The molecule has 6 nitrogen and oxygen atoms in total. The molecule has 0 saturated carbocycles. The molecule has 3 amide bonds. The molecule has 0 aromatic heterocycles. The molecule has 1 aliphatic rings. The van der Waals surface area contributed by atoms with Crippen LogP contribution in [0, 0.1) is 0 Å². The number of esters is 1. The lowest BCUT2D eigenvalue weighted by Gasteiger charge is -2.15. The van der Waals surface area contributed by atoms with Gasteiger partial charge in [-0.3, -0.25) is 19.8 Å². The fraction of sp³-hybridized carbons (Fsp3) is 0.308. The Bertz CT molecular complexity index is 524. The highest BCUT2D eigenvalue weighted by Crippen LogP contribution is 2.22. The summed E-state index contributed by atoms with van der Waals surface area (Å²) in [6.45, 7) is 1.76. The van der Waals surface area contributed by atoms with Gasteiger partial charge in [0.05, 0.1) is 13.0 Å². The molecule has 1 unspecified atom stereocenters. The lowest BCUT2D eigenvalue weighted by Crippen LogP contribution is -2.27. The van der Waals surface area contributed by atoms with Gasteiger partial charge in [0.2, 0.25) is 5.91 Å². The van der Waals surface area contributed by atoms with E-state index in [1.807, 2.05) is 0 Å². The molecule has 1 aromatic carbocycles. The van der Waals surface area contributed by atoms with Crippen molar-refractivity contribution in [1.29, 1.82) is 0 Å². The highest BCUT2D eigenvalue weighted by molar-refractivity contribution is 6.12. The number of methoxy groups -OCH3 is 1. The molecule has 0 radical (unpaired) electrons. The molecule has 0 bridgehead atoms. The number of benzene rings is 1. The monoisotopic (exact) mass is 262 g/mol. The molecular formula is C13H14N2O4. The molecule has 6 heteroatoms. The third kappa shape index (κ3) is 2.57. The number of rotatable bonds is 3. The van der Waals surface area contributed by atoms with Gasteiger partial charge in [0.25, 0.3) is 0 Å². The van der Waals surface area contributed by atoms with E-state index in [0.29, 0.717) is 5.69 Å². The van der Waals surface area contributed by atoms with E-state index in [2.05, 4.69) is 10.1 Å². The Morgan fingerprint density at radius 3 is 2.42 bits per heavy atom. The second-order valence-corrected chi connectivity index (χ2v) is 4.28. The highest BCUT2D eigenvalue weighted by Gasteiger charge is 2.28. The molecule has 19 heavy (non-hydrogen) atoms. The van der Waals surface area contributed by atoms with Crippen LogP contribution in [0.25, 0.3) is 0 Å². The third-order valence-corrected chi connectivity index (χ3v) is 3.05. The molecule has 2 rings (SSSR count). The zero-order valence-corrected chi connectivity index (χ0v) is 10.7. The largest absolute Gasteiger partial charge is 0.469 e. The number of hydrogen-bond donors (Lipinski definition) is 1. The van der Waals surface area contributed by atoms with Gasteiger partial charge < -0.3 is 4.74 Å². The van der Waals surface area contributed by atoms with E-state index in [1.165, 1.54) is 12.0 Å². The summed E-state index contributed by atoms with van der Waals surface area (Å²) in [5.74, 6) is -1.01. The molecule has 1 aromatic rings. The number of carbonyl (C=O) groups is 3. The van der Waals surface area contributed by atoms with Crippen molar-refractivity contribution >= 4 is 23.6 Å². The molecule has 1 heterocycles. The van der Waals surface area contributed by atoms with Crippen LogP contribution in [0.2, 0.25) is 0 Å². The van der Waals surface area contributed by atoms with E-state index in [-0.39, 0.29) is 24.3 Å². The van der Waals surface area contributed by atoms with E-state index < -0.39 is 6.03 Å². The zero-order chi connectivity index (χ0) is 14.0. The first-order chi connectivity index (χ1) is 9.02. The van der Waals surface area contributed by atoms with Gasteiger partial charge in [-0.05, 0) is 24.6 Å². The van der Waals surface area contributed by atoms with Crippen LogP contribution in [0.15, 0.2) is 24.3 Å². The van der Waals surface area contributed by atoms with Gasteiger partial charge in [-0.25, -0.2) is 4.79 Å². The first kappa shape index (κ1) is 13.1. The number of nitrogens with one attached hydrogen (secondary N) is 1. The number of anilines is 1. The van der Waals surface area contributed by atoms with Gasteiger partial charge in [-0.1, -0.05) is 12.1 Å². The summed E-state index contributed by atoms with van der Waals surface area (Å²) in [6, 6.07) is 6.46. The molecule has 0 spiro atoms. The quantitative estimate of drug-likeness (QED) is 0.651. The van der Waals surface area contributed by atoms with Crippen LogP contribution in [0.5, 0.6) is 0 Å². The first-order valence-corrected chi connectivity index (χ1v) is 5.82. The predicted octanol–water partition coefficient (Wildman–Crippen LogP) is 1.02. The molecule has 1 atom stereocenters. The number of carbonyl (C=O) groups excluding carboxylic acids is 3. The van der Waals surface area contributed by atoms with Gasteiger partial charge in [0, 0.05) is 5.69 Å². The van der Waals surface area contributed by atoms with E-state index in [0.717, 1.165) is 5.56 Å². The number of nitrogens with zero attached hydrogens (tertiary/aromatic N) is 1. The summed E-state index contributed by atoms with van der Waals surface area (Å²) in [5, 5.41) is 2.20. The second kappa shape index (κ2) is 5.09. The Balaban J connectivity index is 2.17. The zero-order valence-electron chi connectivity index (χ0n) is 10.7. The summed E-state index contributed by atoms with van der Waals surface area (Å²) in [5.41, 5.74) is 1.41. The average Bonchev–Trinajstić information content (AvgIpc) is 2.76. The van der Waals surface area contributed by atoms with Crippen molar-refractivity contribution < 1.29 is 19.1 Å². The van der Waals surface area contributed by atoms with E-state index >= 15 is 0 Å². The van der Waals surface area contributed by atoms with Crippen molar-refractivity contribution in [3.8, 4) is 0 Å². The van der Waals surface area contributed by atoms with Crippen molar-refractivity contribution in [2.75, 3.05) is 18.6 Å². The number of hydrogen-bond acceptors (Lipinski definition) is 4. The number of urea groups is 1. The van der Waals surface area contributed by atoms with Crippen LogP contribution in [0.3, 0.4) is 0 Å². The molecule has 1 fully saturated rings. The average molecular weight is 262 g/mol. The number of ether oxygens (including phenoxy) is 1. The Kier molecular flexibility index (Phi) is 3.50. The molecule has 100 valence electrons. The standard InChI is InChI=1S/C13H14N2O4/c1-8(12(17)19-2)9-3-5-10(6-4-9)15-7-11(16)14-13(15)18/h3-6,8H,7H2,1-2H3,(H,14,16,18). The van der Waals surface area contributed by atoms with Crippen molar-refractivity contribution in [3.63, 3.8) is 0 Å². The fourth-order valence-corrected chi connectivity index (χ4v) is 1.91. The molecule has 1 saturated heterocycles. The van der Waals surface area contributed by atoms with Crippen LogP contribution in [0.4, 0.5) is 10.5 Å². The lowest BCUT2D eigenvalue weighted by atomic mass is 10.0. The minimum absolute atomic E-state index is 0.0186. The van der Waals surface area contributed by atoms with Gasteiger partial charge in [0.15, 0.2) is 0 Å². The molecular weight excluding hydrogens is 248 g/mol. The third-order valence-electron chi connectivity index (χ3n) is 3.05. The summed E-state index contributed by atoms with van der Waals surface area (Å²) >= 11 is 0. The van der Waals surface area contributed by atoms with Gasteiger partial charge in [-0.15, -0.1) is 0 Å². The summed E-state index contributed by atoms with van der Waals surface area (Å²) in [6.07, 6.45) is 0. The maximum absolute atomic E-state index is 11.5.